The topological polar surface area (TPSA) is 6.48 Å². The summed E-state index contributed by atoms with van der Waals surface area (Å²) in [5.41, 5.74) is 0. The van der Waals surface area contributed by atoms with Crippen LogP contribution in [0.5, 0.6) is 0 Å². The average molecular weight is 278 g/mol. The molecule has 3 aliphatic carbocycles. The van der Waals surface area contributed by atoms with Crippen LogP contribution >= 0.6 is 0 Å². The molecule has 3 rings (SSSR count). The summed E-state index contributed by atoms with van der Waals surface area (Å²) in [6.07, 6.45) is 6.18. The van der Waals surface area contributed by atoms with Crippen molar-refractivity contribution in [1.82, 2.24) is 9.80 Å². The first kappa shape index (κ1) is 14.8. The van der Waals surface area contributed by atoms with Crippen LogP contribution in [-0.2, 0) is 0 Å². The van der Waals surface area contributed by atoms with Gasteiger partial charge in [0.25, 0.3) is 0 Å². The van der Waals surface area contributed by atoms with E-state index >= 15 is 0 Å². The van der Waals surface area contributed by atoms with E-state index in [1.807, 2.05) is 0 Å². The summed E-state index contributed by atoms with van der Waals surface area (Å²) in [5.74, 6) is 6.37. The molecule has 0 radical (unpaired) electrons. The van der Waals surface area contributed by atoms with Gasteiger partial charge in [0.1, 0.15) is 0 Å². The summed E-state index contributed by atoms with van der Waals surface area (Å²) in [4.78, 5) is 5.09. The summed E-state index contributed by atoms with van der Waals surface area (Å²) >= 11 is 0. The second kappa shape index (κ2) is 5.96. The van der Waals surface area contributed by atoms with Crippen LogP contribution in [0.3, 0.4) is 0 Å². The Morgan fingerprint density at radius 3 is 2.10 bits per heavy atom. The van der Waals surface area contributed by atoms with E-state index < -0.39 is 0 Å². The second-order valence-corrected chi connectivity index (χ2v) is 7.94. The Balaban J connectivity index is 1.65. The van der Waals surface area contributed by atoms with Crippen molar-refractivity contribution in [1.29, 1.82) is 0 Å². The maximum Gasteiger partial charge on any atom is 0.000935 e. The fourth-order valence-corrected chi connectivity index (χ4v) is 5.86. The lowest BCUT2D eigenvalue weighted by atomic mass is 9.72. The molecule has 3 aliphatic rings. The van der Waals surface area contributed by atoms with Gasteiger partial charge >= 0.3 is 0 Å². The molecular formula is C18H34N2. The van der Waals surface area contributed by atoms with E-state index in [1.54, 1.807) is 19.3 Å². The molecule has 0 saturated heterocycles. The zero-order chi connectivity index (χ0) is 14.3. The van der Waals surface area contributed by atoms with Gasteiger partial charge < -0.3 is 9.80 Å². The molecule has 0 aromatic heterocycles. The Kier molecular flexibility index (Phi) is 4.42. The van der Waals surface area contributed by atoms with Crippen LogP contribution < -0.4 is 0 Å². The van der Waals surface area contributed by atoms with Crippen LogP contribution in [0.15, 0.2) is 0 Å². The highest BCUT2D eigenvalue weighted by Crippen LogP contribution is 2.62. The maximum absolute atomic E-state index is 2.55. The molecule has 0 heterocycles. The minimum Gasteiger partial charge on any atom is -0.306 e. The first-order valence-corrected chi connectivity index (χ1v) is 9.01. The molecule has 0 amide bonds. The fourth-order valence-electron chi connectivity index (χ4n) is 5.86. The molecule has 6 atom stereocenters. The van der Waals surface area contributed by atoms with E-state index in [0.29, 0.717) is 0 Å². The predicted octanol–water partition coefficient (Wildman–Crippen LogP) is 3.19. The third-order valence-corrected chi connectivity index (χ3v) is 6.97. The van der Waals surface area contributed by atoms with Gasteiger partial charge in [0, 0.05) is 13.1 Å². The maximum atomic E-state index is 2.55. The Morgan fingerprint density at radius 1 is 0.800 bits per heavy atom. The van der Waals surface area contributed by atoms with Crippen LogP contribution in [0.1, 0.15) is 39.5 Å². The molecule has 3 saturated carbocycles. The minimum atomic E-state index is 1.01. The molecule has 0 N–H and O–H groups in total. The summed E-state index contributed by atoms with van der Waals surface area (Å²) in [7, 11) is 4.61. The van der Waals surface area contributed by atoms with Gasteiger partial charge in [-0.3, -0.25) is 0 Å². The van der Waals surface area contributed by atoms with E-state index in [9.17, 15) is 0 Å². The highest BCUT2D eigenvalue weighted by molar-refractivity contribution is 5.06. The van der Waals surface area contributed by atoms with Gasteiger partial charge in [-0.25, -0.2) is 0 Å². The third-order valence-electron chi connectivity index (χ3n) is 6.97. The molecule has 2 nitrogen and oxygen atoms in total. The monoisotopic (exact) mass is 278 g/mol. The van der Waals surface area contributed by atoms with Crippen molar-refractivity contribution in [3.63, 3.8) is 0 Å². The van der Waals surface area contributed by atoms with Crippen molar-refractivity contribution >= 4 is 0 Å². The number of fused-ring (bicyclic) bond motifs is 5. The number of rotatable bonds is 6. The van der Waals surface area contributed by atoms with Gasteiger partial charge in [-0.05, 0) is 88.4 Å². The molecule has 0 spiro atoms. The summed E-state index contributed by atoms with van der Waals surface area (Å²) in [5, 5.41) is 0. The summed E-state index contributed by atoms with van der Waals surface area (Å²) in [6, 6.07) is 0. The highest BCUT2D eigenvalue weighted by atomic mass is 15.1. The van der Waals surface area contributed by atoms with E-state index in [1.165, 1.54) is 32.6 Å². The lowest BCUT2D eigenvalue weighted by Gasteiger charge is -2.37. The first-order valence-electron chi connectivity index (χ1n) is 9.01. The molecule has 2 bridgehead atoms. The standard InChI is InChI=1S/C18H34N2/c1-5-19(3)11-13-7-8-16-14-9-15(12-20(4)6-2)17(10-14)18(13)16/h13-18H,5-12H2,1-4H3. The quantitative estimate of drug-likeness (QED) is 0.736. The zero-order valence-corrected chi connectivity index (χ0v) is 14.0. The molecule has 0 aromatic rings. The van der Waals surface area contributed by atoms with E-state index in [4.69, 9.17) is 0 Å². The van der Waals surface area contributed by atoms with E-state index in [0.717, 1.165) is 35.5 Å². The third kappa shape index (κ3) is 2.54. The van der Waals surface area contributed by atoms with E-state index in [-0.39, 0.29) is 0 Å². The van der Waals surface area contributed by atoms with Crippen molar-refractivity contribution in [2.75, 3.05) is 40.3 Å². The smallest absolute Gasteiger partial charge is 0.000935 e. The average Bonchev–Trinajstić information content (AvgIpc) is 3.11. The molecule has 0 aliphatic heterocycles. The molecule has 2 heteroatoms. The molecular weight excluding hydrogens is 244 g/mol. The van der Waals surface area contributed by atoms with Gasteiger partial charge in [0.05, 0.1) is 0 Å². The van der Waals surface area contributed by atoms with Gasteiger partial charge in [-0.2, -0.15) is 0 Å². The van der Waals surface area contributed by atoms with Crippen LogP contribution in [0.25, 0.3) is 0 Å². The largest absolute Gasteiger partial charge is 0.306 e. The summed E-state index contributed by atoms with van der Waals surface area (Å²) < 4.78 is 0. The van der Waals surface area contributed by atoms with E-state index in [2.05, 4.69) is 37.7 Å². The van der Waals surface area contributed by atoms with Gasteiger partial charge in [0.15, 0.2) is 0 Å². The Labute approximate surface area is 125 Å². The van der Waals surface area contributed by atoms with Gasteiger partial charge in [-0.1, -0.05) is 13.8 Å². The first-order chi connectivity index (χ1) is 9.63. The van der Waals surface area contributed by atoms with Gasteiger partial charge in [-0.15, -0.1) is 0 Å². The van der Waals surface area contributed by atoms with Crippen molar-refractivity contribution in [3.8, 4) is 0 Å². The molecule has 0 aromatic carbocycles. The number of nitrogens with zero attached hydrogens (tertiary/aromatic N) is 2. The van der Waals surface area contributed by atoms with Crippen molar-refractivity contribution in [3.05, 3.63) is 0 Å². The lowest BCUT2D eigenvalue weighted by Crippen LogP contribution is -2.37. The fraction of sp³-hybridized carbons (Fsp3) is 1.00. The van der Waals surface area contributed by atoms with Crippen LogP contribution in [0.4, 0.5) is 0 Å². The SMILES string of the molecule is CCN(C)CC1CC2CC1C1C(CN(C)CC)CCC21. The minimum absolute atomic E-state index is 1.01. The van der Waals surface area contributed by atoms with Crippen LogP contribution in [-0.4, -0.2) is 50.1 Å². The Bertz CT molecular complexity index is 329. The molecule has 3 fully saturated rings. The summed E-state index contributed by atoms with van der Waals surface area (Å²) in [6.45, 7) is 9.74. The Hall–Kier alpha value is -0.0800. The zero-order valence-electron chi connectivity index (χ0n) is 14.0. The molecule has 116 valence electrons. The van der Waals surface area contributed by atoms with Crippen LogP contribution in [0.2, 0.25) is 0 Å². The number of hydrogen-bond donors (Lipinski definition) is 0. The normalized spacial score (nSPS) is 42.9. The second-order valence-electron chi connectivity index (χ2n) is 7.94. The highest BCUT2D eigenvalue weighted by Gasteiger charge is 2.56. The molecule has 6 unspecified atom stereocenters. The van der Waals surface area contributed by atoms with Gasteiger partial charge in [0.2, 0.25) is 0 Å². The Morgan fingerprint density at radius 2 is 1.45 bits per heavy atom. The molecule has 20 heavy (non-hydrogen) atoms. The predicted molar refractivity (Wildman–Crippen MR) is 85.8 cm³/mol. The van der Waals surface area contributed by atoms with Crippen molar-refractivity contribution in [2.45, 2.75) is 39.5 Å². The van der Waals surface area contributed by atoms with Crippen LogP contribution in [0, 0.1) is 35.5 Å². The number of hydrogen-bond acceptors (Lipinski definition) is 2. The van der Waals surface area contributed by atoms with Crippen molar-refractivity contribution in [2.24, 2.45) is 35.5 Å². The van der Waals surface area contributed by atoms with Crippen molar-refractivity contribution < 1.29 is 0 Å². The lowest BCUT2D eigenvalue weighted by molar-refractivity contribution is 0.110.